The van der Waals surface area contributed by atoms with Gasteiger partial charge in [0.1, 0.15) is 0 Å². The highest BCUT2D eigenvalue weighted by Gasteiger charge is 2.16. The standard InChI is InChI=1S/C14H24N2O/c15-16-14(10-13-8-9-17-11-13)7-6-12-4-2-1-3-5-12/h8-9,11-12,14,16H,1-7,10,15H2. The molecule has 1 heterocycles. The van der Waals surface area contributed by atoms with Crippen LogP contribution in [0, 0.1) is 5.92 Å². The number of hydrogen-bond donors (Lipinski definition) is 2. The van der Waals surface area contributed by atoms with E-state index in [1.165, 1.54) is 50.5 Å². The average molecular weight is 236 g/mol. The first-order valence-electron chi connectivity index (χ1n) is 6.85. The van der Waals surface area contributed by atoms with Crippen LogP contribution in [0.3, 0.4) is 0 Å². The Balaban J connectivity index is 1.71. The zero-order valence-electron chi connectivity index (χ0n) is 10.5. The summed E-state index contributed by atoms with van der Waals surface area (Å²) >= 11 is 0. The van der Waals surface area contributed by atoms with Crippen LogP contribution in [-0.4, -0.2) is 6.04 Å². The van der Waals surface area contributed by atoms with Gasteiger partial charge >= 0.3 is 0 Å². The van der Waals surface area contributed by atoms with Crippen LogP contribution in [-0.2, 0) is 6.42 Å². The molecule has 0 spiro atoms. The van der Waals surface area contributed by atoms with Crippen LogP contribution in [0.5, 0.6) is 0 Å². The third-order valence-corrected chi connectivity index (χ3v) is 3.95. The molecule has 96 valence electrons. The van der Waals surface area contributed by atoms with Crippen molar-refractivity contribution in [1.82, 2.24) is 5.43 Å². The summed E-state index contributed by atoms with van der Waals surface area (Å²) < 4.78 is 5.09. The molecule has 1 saturated carbocycles. The van der Waals surface area contributed by atoms with Crippen molar-refractivity contribution in [2.45, 2.75) is 57.4 Å². The second-order valence-electron chi connectivity index (χ2n) is 5.28. The van der Waals surface area contributed by atoms with E-state index in [4.69, 9.17) is 10.3 Å². The highest BCUT2D eigenvalue weighted by atomic mass is 16.3. The van der Waals surface area contributed by atoms with E-state index < -0.39 is 0 Å². The summed E-state index contributed by atoms with van der Waals surface area (Å²) in [5.41, 5.74) is 4.17. The first-order valence-corrected chi connectivity index (χ1v) is 6.85. The smallest absolute Gasteiger partial charge is 0.0935 e. The Kier molecular flexibility index (Phi) is 5.08. The van der Waals surface area contributed by atoms with Crippen LogP contribution in [0.25, 0.3) is 0 Å². The maximum absolute atomic E-state index is 5.62. The summed E-state index contributed by atoms with van der Waals surface area (Å²) in [5, 5.41) is 0. The summed E-state index contributed by atoms with van der Waals surface area (Å²) in [5.74, 6) is 6.56. The van der Waals surface area contributed by atoms with Gasteiger partial charge < -0.3 is 4.42 Å². The monoisotopic (exact) mass is 236 g/mol. The molecule has 1 aliphatic carbocycles. The fourth-order valence-corrected chi connectivity index (χ4v) is 2.85. The molecular formula is C14H24N2O. The molecule has 3 heteroatoms. The van der Waals surface area contributed by atoms with E-state index in [1.54, 1.807) is 6.26 Å². The van der Waals surface area contributed by atoms with E-state index in [1.807, 2.05) is 12.3 Å². The van der Waals surface area contributed by atoms with Crippen molar-refractivity contribution in [2.24, 2.45) is 11.8 Å². The minimum absolute atomic E-state index is 0.384. The lowest BCUT2D eigenvalue weighted by Crippen LogP contribution is -2.37. The van der Waals surface area contributed by atoms with Gasteiger partial charge in [-0.05, 0) is 36.8 Å². The van der Waals surface area contributed by atoms with Gasteiger partial charge in [0.15, 0.2) is 0 Å². The normalized spacial score (nSPS) is 19.4. The van der Waals surface area contributed by atoms with Crippen LogP contribution >= 0.6 is 0 Å². The third-order valence-electron chi connectivity index (χ3n) is 3.95. The van der Waals surface area contributed by atoms with Gasteiger partial charge in [-0.15, -0.1) is 0 Å². The van der Waals surface area contributed by atoms with Crippen molar-refractivity contribution in [1.29, 1.82) is 0 Å². The molecule has 3 nitrogen and oxygen atoms in total. The van der Waals surface area contributed by atoms with Crippen LogP contribution in [0.4, 0.5) is 0 Å². The summed E-state index contributed by atoms with van der Waals surface area (Å²) in [6.07, 6.45) is 14.1. The summed E-state index contributed by atoms with van der Waals surface area (Å²) in [4.78, 5) is 0. The Morgan fingerprint density at radius 1 is 1.35 bits per heavy atom. The van der Waals surface area contributed by atoms with Crippen LogP contribution < -0.4 is 11.3 Å². The molecule has 3 N–H and O–H groups in total. The Labute approximate surface area is 104 Å². The zero-order chi connectivity index (χ0) is 11.9. The molecule has 0 saturated heterocycles. The van der Waals surface area contributed by atoms with Gasteiger partial charge in [-0.25, -0.2) is 0 Å². The highest BCUT2D eigenvalue weighted by molar-refractivity contribution is 5.07. The van der Waals surface area contributed by atoms with Gasteiger partial charge in [-0.3, -0.25) is 11.3 Å². The molecule has 0 aromatic carbocycles. The van der Waals surface area contributed by atoms with E-state index >= 15 is 0 Å². The first-order chi connectivity index (χ1) is 8.38. The Morgan fingerprint density at radius 2 is 2.18 bits per heavy atom. The maximum Gasteiger partial charge on any atom is 0.0935 e. The molecule has 1 fully saturated rings. The summed E-state index contributed by atoms with van der Waals surface area (Å²) in [6, 6.07) is 2.40. The largest absolute Gasteiger partial charge is 0.472 e. The van der Waals surface area contributed by atoms with Crippen molar-refractivity contribution in [3.8, 4) is 0 Å². The lowest BCUT2D eigenvalue weighted by Gasteiger charge is -2.23. The van der Waals surface area contributed by atoms with Gasteiger partial charge in [0, 0.05) is 6.04 Å². The molecular weight excluding hydrogens is 212 g/mol. The SMILES string of the molecule is NNC(CCC1CCCCC1)Cc1ccoc1. The molecule has 2 rings (SSSR count). The lowest BCUT2D eigenvalue weighted by molar-refractivity contribution is 0.313. The van der Waals surface area contributed by atoms with Crippen molar-refractivity contribution < 1.29 is 4.42 Å². The van der Waals surface area contributed by atoms with Crippen molar-refractivity contribution in [3.05, 3.63) is 24.2 Å². The fraction of sp³-hybridized carbons (Fsp3) is 0.714. The predicted molar refractivity (Wildman–Crippen MR) is 69.3 cm³/mol. The van der Waals surface area contributed by atoms with Crippen LogP contribution in [0.2, 0.25) is 0 Å². The van der Waals surface area contributed by atoms with Gasteiger partial charge in [0.25, 0.3) is 0 Å². The van der Waals surface area contributed by atoms with E-state index in [0.717, 1.165) is 12.3 Å². The fourth-order valence-electron chi connectivity index (χ4n) is 2.85. The van der Waals surface area contributed by atoms with E-state index in [2.05, 4.69) is 5.43 Å². The predicted octanol–water partition coefficient (Wildman–Crippen LogP) is 3.01. The van der Waals surface area contributed by atoms with Crippen molar-refractivity contribution in [2.75, 3.05) is 0 Å². The molecule has 0 radical (unpaired) electrons. The number of nitrogens with one attached hydrogen (secondary N) is 1. The van der Waals surface area contributed by atoms with Crippen LogP contribution in [0.15, 0.2) is 23.0 Å². The quantitative estimate of drug-likeness (QED) is 0.589. The highest BCUT2D eigenvalue weighted by Crippen LogP contribution is 2.28. The minimum Gasteiger partial charge on any atom is -0.472 e. The topological polar surface area (TPSA) is 51.2 Å². The molecule has 0 aliphatic heterocycles. The number of hydrogen-bond acceptors (Lipinski definition) is 3. The summed E-state index contributed by atoms with van der Waals surface area (Å²) in [6.45, 7) is 0. The number of furan rings is 1. The number of hydrazine groups is 1. The molecule has 0 bridgehead atoms. The second-order valence-corrected chi connectivity index (χ2v) is 5.28. The first kappa shape index (κ1) is 12.7. The lowest BCUT2D eigenvalue weighted by atomic mass is 9.85. The minimum atomic E-state index is 0.384. The second kappa shape index (κ2) is 6.82. The van der Waals surface area contributed by atoms with Crippen molar-refractivity contribution >= 4 is 0 Å². The Morgan fingerprint density at radius 3 is 2.82 bits per heavy atom. The summed E-state index contributed by atoms with van der Waals surface area (Å²) in [7, 11) is 0. The molecule has 0 amide bonds. The van der Waals surface area contributed by atoms with E-state index in [-0.39, 0.29) is 0 Å². The van der Waals surface area contributed by atoms with E-state index in [9.17, 15) is 0 Å². The van der Waals surface area contributed by atoms with Gasteiger partial charge in [0.05, 0.1) is 12.5 Å². The zero-order valence-corrected chi connectivity index (χ0v) is 10.5. The third kappa shape index (κ3) is 4.17. The van der Waals surface area contributed by atoms with Crippen LogP contribution in [0.1, 0.15) is 50.5 Å². The molecule has 1 aliphatic rings. The number of nitrogens with two attached hydrogens (primary N) is 1. The van der Waals surface area contributed by atoms with E-state index in [0.29, 0.717) is 6.04 Å². The molecule has 1 aromatic heterocycles. The van der Waals surface area contributed by atoms with Gasteiger partial charge in [-0.1, -0.05) is 32.1 Å². The average Bonchev–Trinajstić information content (AvgIpc) is 2.88. The molecule has 1 unspecified atom stereocenters. The molecule has 1 atom stereocenters. The van der Waals surface area contributed by atoms with Crippen molar-refractivity contribution in [3.63, 3.8) is 0 Å². The van der Waals surface area contributed by atoms with Gasteiger partial charge in [0.2, 0.25) is 0 Å². The number of rotatable bonds is 6. The maximum atomic E-state index is 5.62. The Bertz CT molecular complexity index is 291. The Hall–Kier alpha value is -0.800. The van der Waals surface area contributed by atoms with Gasteiger partial charge in [-0.2, -0.15) is 0 Å². The molecule has 1 aromatic rings. The molecule has 17 heavy (non-hydrogen) atoms.